The van der Waals surface area contributed by atoms with Crippen molar-refractivity contribution in [3.8, 4) is 0 Å². The van der Waals surface area contributed by atoms with Crippen molar-refractivity contribution in [2.75, 3.05) is 6.54 Å². The number of benzene rings is 1. The zero-order valence-electron chi connectivity index (χ0n) is 10.6. The van der Waals surface area contributed by atoms with Crippen molar-refractivity contribution in [3.05, 3.63) is 59.3 Å². The average Bonchev–Trinajstić information content (AvgIpc) is 2.36. The Morgan fingerprint density at radius 1 is 1.29 bits per heavy atom. The van der Waals surface area contributed by atoms with E-state index in [9.17, 15) is 0 Å². The third kappa shape index (κ3) is 4.27. The quantitative estimate of drug-likeness (QED) is 0.664. The van der Waals surface area contributed by atoms with E-state index < -0.39 is 0 Å². The van der Waals surface area contributed by atoms with Gasteiger partial charge in [-0.2, -0.15) is 0 Å². The highest BCUT2D eigenvalue weighted by Gasteiger charge is 2.05. The molecule has 0 radical (unpaired) electrons. The molecule has 0 aromatic heterocycles. The molecule has 0 amide bonds. The Hall–Kier alpha value is -1.21. The van der Waals surface area contributed by atoms with Crippen molar-refractivity contribution < 1.29 is 0 Å². The summed E-state index contributed by atoms with van der Waals surface area (Å²) >= 11 is 5.88. The highest BCUT2D eigenvalue weighted by Crippen LogP contribution is 2.16. The molecule has 0 atom stereocenters. The molecule has 0 saturated carbocycles. The van der Waals surface area contributed by atoms with Gasteiger partial charge in [-0.1, -0.05) is 43.3 Å². The molecule has 0 fully saturated rings. The Kier molecular flexibility index (Phi) is 5.85. The van der Waals surface area contributed by atoms with Crippen LogP contribution in [-0.4, -0.2) is 11.4 Å². The zero-order chi connectivity index (χ0) is 12.7. The molecule has 92 valence electrons. The van der Waals surface area contributed by atoms with Crippen molar-refractivity contribution in [2.24, 2.45) is 0 Å². The molecule has 0 unspecified atom stereocenters. The van der Waals surface area contributed by atoms with Gasteiger partial charge in [-0.05, 0) is 37.1 Å². The predicted molar refractivity (Wildman–Crippen MR) is 76.1 cm³/mol. The van der Waals surface area contributed by atoms with Gasteiger partial charge in [0.25, 0.3) is 0 Å². The van der Waals surface area contributed by atoms with Gasteiger partial charge >= 0.3 is 0 Å². The molecule has 0 aliphatic carbocycles. The van der Waals surface area contributed by atoms with Gasteiger partial charge in [-0.3, -0.25) is 0 Å². The summed E-state index contributed by atoms with van der Waals surface area (Å²) in [6, 6.07) is 8.03. The van der Waals surface area contributed by atoms with E-state index in [1.807, 2.05) is 18.2 Å². The van der Waals surface area contributed by atoms with Crippen molar-refractivity contribution in [3.63, 3.8) is 0 Å². The van der Waals surface area contributed by atoms with Crippen LogP contribution in [0, 0.1) is 0 Å². The van der Waals surface area contributed by atoms with Gasteiger partial charge < -0.3 is 4.90 Å². The SMILES string of the molecule is C=C/C=C(\CC)N(CC)Cc1ccc(Cl)cc1. The summed E-state index contributed by atoms with van der Waals surface area (Å²) in [5.74, 6) is 0. The Labute approximate surface area is 109 Å². The second kappa shape index (κ2) is 7.18. The Morgan fingerprint density at radius 2 is 1.94 bits per heavy atom. The Morgan fingerprint density at radius 3 is 2.41 bits per heavy atom. The molecule has 0 bridgehead atoms. The molecular weight excluding hydrogens is 230 g/mol. The fourth-order valence-corrected chi connectivity index (χ4v) is 1.94. The molecule has 2 heteroatoms. The number of rotatable bonds is 6. The van der Waals surface area contributed by atoms with E-state index >= 15 is 0 Å². The second-order valence-corrected chi connectivity index (χ2v) is 4.32. The van der Waals surface area contributed by atoms with Gasteiger partial charge in [0.05, 0.1) is 0 Å². The van der Waals surface area contributed by atoms with E-state index in [4.69, 9.17) is 11.6 Å². The first kappa shape index (κ1) is 13.9. The predicted octanol–water partition coefficient (Wildman–Crippen LogP) is 4.64. The molecule has 1 rings (SSSR count). The lowest BCUT2D eigenvalue weighted by atomic mass is 10.2. The van der Waals surface area contributed by atoms with Crippen LogP contribution in [0.4, 0.5) is 0 Å². The number of hydrogen-bond donors (Lipinski definition) is 0. The summed E-state index contributed by atoms with van der Waals surface area (Å²) in [6.45, 7) is 10.0. The van der Waals surface area contributed by atoms with Gasteiger partial charge in [0.15, 0.2) is 0 Å². The molecule has 0 saturated heterocycles. The van der Waals surface area contributed by atoms with Crippen LogP contribution in [0.3, 0.4) is 0 Å². The van der Waals surface area contributed by atoms with Gasteiger partial charge in [-0.15, -0.1) is 0 Å². The van der Waals surface area contributed by atoms with Crippen LogP contribution in [0.1, 0.15) is 25.8 Å². The summed E-state index contributed by atoms with van der Waals surface area (Å²) in [7, 11) is 0. The fraction of sp³-hybridized carbons (Fsp3) is 0.333. The second-order valence-electron chi connectivity index (χ2n) is 3.89. The molecular formula is C15H20ClN. The minimum atomic E-state index is 0.786. The van der Waals surface area contributed by atoms with Gasteiger partial charge in [0, 0.05) is 23.8 Å². The van der Waals surface area contributed by atoms with Gasteiger partial charge in [0.1, 0.15) is 0 Å². The standard InChI is InChI=1S/C15H20ClN/c1-4-7-15(5-2)17(6-3)12-13-8-10-14(16)11-9-13/h4,7-11H,1,5-6,12H2,2-3H3/b15-7+. The number of hydrogen-bond acceptors (Lipinski definition) is 1. The molecule has 0 heterocycles. The first-order valence-electron chi connectivity index (χ1n) is 6.02. The van der Waals surface area contributed by atoms with Crippen molar-refractivity contribution in [1.29, 1.82) is 0 Å². The van der Waals surface area contributed by atoms with Crippen LogP contribution in [0.15, 0.2) is 48.7 Å². The lowest BCUT2D eigenvalue weighted by molar-refractivity contribution is 0.345. The normalized spacial score (nSPS) is 11.4. The molecule has 0 spiro atoms. The van der Waals surface area contributed by atoms with E-state index in [1.54, 1.807) is 0 Å². The Balaban J connectivity index is 2.78. The maximum atomic E-state index is 5.88. The molecule has 0 aliphatic rings. The maximum absolute atomic E-state index is 5.88. The van der Waals surface area contributed by atoms with E-state index in [-0.39, 0.29) is 0 Å². The molecule has 0 aliphatic heterocycles. The van der Waals surface area contributed by atoms with Crippen LogP contribution < -0.4 is 0 Å². The number of allylic oxidation sites excluding steroid dienone is 3. The van der Waals surface area contributed by atoms with Crippen LogP contribution in [-0.2, 0) is 6.54 Å². The first-order valence-corrected chi connectivity index (χ1v) is 6.40. The third-order valence-electron chi connectivity index (χ3n) is 2.75. The molecule has 1 aromatic carbocycles. The van der Waals surface area contributed by atoms with Gasteiger partial charge in [-0.25, -0.2) is 0 Å². The topological polar surface area (TPSA) is 3.24 Å². The molecule has 1 nitrogen and oxygen atoms in total. The van der Waals surface area contributed by atoms with E-state index in [0.717, 1.165) is 24.5 Å². The van der Waals surface area contributed by atoms with Crippen LogP contribution in [0.25, 0.3) is 0 Å². The van der Waals surface area contributed by atoms with Crippen molar-refractivity contribution in [1.82, 2.24) is 4.90 Å². The number of halogens is 1. The lowest BCUT2D eigenvalue weighted by Gasteiger charge is -2.25. The fourth-order valence-electron chi connectivity index (χ4n) is 1.81. The molecule has 17 heavy (non-hydrogen) atoms. The Bertz CT molecular complexity index is 378. The first-order chi connectivity index (χ1) is 8.21. The summed E-state index contributed by atoms with van der Waals surface area (Å²) in [4.78, 5) is 2.35. The highest BCUT2D eigenvalue weighted by molar-refractivity contribution is 6.30. The van der Waals surface area contributed by atoms with E-state index in [2.05, 4.69) is 43.5 Å². The summed E-state index contributed by atoms with van der Waals surface area (Å²) in [5.41, 5.74) is 2.59. The highest BCUT2D eigenvalue weighted by atomic mass is 35.5. The molecule has 0 N–H and O–H groups in total. The van der Waals surface area contributed by atoms with Crippen LogP contribution in [0.5, 0.6) is 0 Å². The van der Waals surface area contributed by atoms with Crippen molar-refractivity contribution >= 4 is 11.6 Å². The third-order valence-corrected chi connectivity index (χ3v) is 3.00. The van der Waals surface area contributed by atoms with Crippen LogP contribution in [0.2, 0.25) is 5.02 Å². The summed E-state index contributed by atoms with van der Waals surface area (Å²) < 4.78 is 0. The van der Waals surface area contributed by atoms with Crippen LogP contribution >= 0.6 is 11.6 Å². The summed E-state index contributed by atoms with van der Waals surface area (Å²) in [6.07, 6.45) is 4.95. The largest absolute Gasteiger partial charge is 0.371 e. The van der Waals surface area contributed by atoms with Crippen molar-refractivity contribution in [2.45, 2.75) is 26.8 Å². The minimum absolute atomic E-state index is 0.786. The lowest BCUT2D eigenvalue weighted by Crippen LogP contribution is -2.21. The maximum Gasteiger partial charge on any atom is 0.0426 e. The minimum Gasteiger partial charge on any atom is -0.371 e. The zero-order valence-corrected chi connectivity index (χ0v) is 11.4. The van der Waals surface area contributed by atoms with E-state index in [0.29, 0.717) is 0 Å². The molecule has 1 aromatic rings. The van der Waals surface area contributed by atoms with E-state index in [1.165, 1.54) is 11.3 Å². The average molecular weight is 250 g/mol. The monoisotopic (exact) mass is 249 g/mol. The summed E-state index contributed by atoms with van der Waals surface area (Å²) in [5, 5.41) is 0.786. The smallest absolute Gasteiger partial charge is 0.0426 e. The van der Waals surface area contributed by atoms with Gasteiger partial charge in [0.2, 0.25) is 0 Å². The number of nitrogens with zero attached hydrogens (tertiary/aromatic N) is 1.